The zero-order chi connectivity index (χ0) is 26.4. The number of pyridine rings is 1. The molecule has 0 saturated heterocycles. The summed E-state index contributed by atoms with van der Waals surface area (Å²) < 4.78 is 57.6. The zero-order valence-electron chi connectivity index (χ0n) is 19.5. The van der Waals surface area contributed by atoms with Gasteiger partial charge in [-0.1, -0.05) is 0 Å². The maximum atomic E-state index is 14.1. The third-order valence-corrected chi connectivity index (χ3v) is 5.83. The SMILES string of the molecule is CC(=O)N1CCc2c(N(C)c3cc(F)cn(C)c3=O)nn(-c3ccc(OC(F)(F)F)cc3)c(=O)c2C1. The third kappa shape index (κ3) is 4.81. The van der Waals surface area contributed by atoms with Crippen molar-refractivity contribution in [2.45, 2.75) is 26.3 Å². The number of halogens is 4. The first-order chi connectivity index (χ1) is 16.9. The molecule has 1 aliphatic heterocycles. The molecule has 0 atom stereocenters. The number of hydrogen-bond donors (Lipinski definition) is 0. The standard InChI is InChI=1S/C23H21F4N5O4/c1-13(33)31-9-8-17-18(12-31)21(34)32(15-4-6-16(7-5-15)36-23(25,26)27)28-20(17)30(3)19-10-14(24)11-29(2)22(19)35/h4-7,10-11H,8-9,12H2,1-3H3. The monoisotopic (exact) mass is 507 g/mol. The van der Waals surface area contributed by atoms with Crippen LogP contribution < -0.4 is 20.8 Å². The Balaban J connectivity index is 1.89. The van der Waals surface area contributed by atoms with Crippen molar-refractivity contribution in [2.75, 3.05) is 18.5 Å². The van der Waals surface area contributed by atoms with Gasteiger partial charge in [0.15, 0.2) is 5.82 Å². The molecule has 190 valence electrons. The Bertz CT molecular complexity index is 1450. The number of alkyl halides is 3. The van der Waals surface area contributed by atoms with Crippen LogP contribution in [0.4, 0.5) is 29.1 Å². The van der Waals surface area contributed by atoms with E-state index in [0.29, 0.717) is 12.1 Å². The lowest BCUT2D eigenvalue weighted by Gasteiger charge is -2.31. The fourth-order valence-corrected chi connectivity index (χ4v) is 4.05. The summed E-state index contributed by atoms with van der Waals surface area (Å²) in [5.41, 5.74) is -0.289. The Labute approximate surface area is 201 Å². The number of ether oxygens (including phenoxy) is 1. The summed E-state index contributed by atoms with van der Waals surface area (Å²) in [5.74, 6) is -1.22. The van der Waals surface area contributed by atoms with Gasteiger partial charge >= 0.3 is 6.36 Å². The number of fused-ring (bicyclic) bond motifs is 1. The minimum atomic E-state index is -4.88. The highest BCUT2D eigenvalue weighted by molar-refractivity contribution is 5.74. The number of hydrogen-bond acceptors (Lipinski definition) is 6. The van der Waals surface area contributed by atoms with Gasteiger partial charge in [-0.3, -0.25) is 14.4 Å². The Morgan fingerprint density at radius 1 is 1.11 bits per heavy atom. The molecule has 13 heteroatoms. The number of aromatic nitrogens is 3. The molecule has 1 aliphatic rings. The van der Waals surface area contributed by atoms with Crippen molar-refractivity contribution in [3.63, 3.8) is 0 Å². The smallest absolute Gasteiger partial charge is 0.406 e. The molecule has 1 aromatic carbocycles. The van der Waals surface area contributed by atoms with E-state index in [2.05, 4.69) is 9.84 Å². The van der Waals surface area contributed by atoms with Gasteiger partial charge in [0, 0.05) is 51.0 Å². The Morgan fingerprint density at radius 2 is 1.78 bits per heavy atom. The first-order valence-corrected chi connectivity index (χ1v) is 10.7. The van der Waals surface area contributed by atoms with Crippen molar-refractivity contribution in [2.24, 2.45) is 7.05 Å². The van der Waals surface area contributed by atoms with Crippen LogP contribution in [0.25, 0.3) is 5.69 Å². The van der Waals surface area contributed by atoms with Crippen LogP contribution >= 0.6 is 0 Å². The number of aryl methyl sites for hydroxylation is 1. The number of benzene rings is 1. The van der Waals surface area contributed by atoms with Crippen molar-refractivity contribution in [1.29, 1.82) is 0 Å². The molecule has 36 heavy (non-hydrogen) atoms. The summed E-state index contributed by atoms with van der Waals surface area (Å²) in [6.07, 6.45) is -3.60. The predicted molar refractivity (Wildman–Crippen MR) is 121 cm³/mol. The molecule has 0 unspecified atom stereocenters. The van der Waals surface area contributed by atoms with Gasteiger partial charge in [0.1, 0.15) is 17.3 Å². The molecular formula is C23H21F4N5O4. The molecule has 0 radical (unpaired) electrons. The number of nitrogens with zero attached hydrogens (tertiary/aromatic N) is 5. The van der Waals surface area contributed by atoms with Crippen LogP contribution in [0.15, 0.2) is 46.1 Å². The van der Waals surface area contributed by atoms with Crippen LogP contribution in [0, 0.1) is 5.82 Å². The van der Waals surface area contributed by atoms with Gasteiger partial charge in [-0.05, 0) is 30.7 Å². The molecule has 3 heterocycles. The topological polar surface area (TPSA) is 89.7 Å². The second-order valence-electron chi connectivity index (χ2n) is 8.25. The van der Waals surface area contributed by atoms with Gasteiger partial charge < -0.3 is 19.1 Å². The fraction of sp³-hybridized carbons (Fsp3) is 0.304. The first kappa shape index (κ1) is 24.9. The maximum absolute atomic E-state index is 14.1. The number of carbonyl (C=O) groups excluding carboxylic acids is 1. The minimum absolute atomic E-state index is 0.0245. The summed E-state index contributed by atoms with van der Waals surface area (Å²) in [4.78, 5) is 40.9. The average Bonchev–Trinajstić information content (AvgIpc) is 2.80. The van der Waals surface area contributed by atoms with Gasteiger partial charge in [0.2, 0.25) is 5.91 Å². The van der Waals surface area contributed by atoms with E-state index in [9.17, 15) is 31.9 Å². The number of rotatable bonds is 4. The van der Waals surface area contributed by atoms with Crippen LogP contribution in [-0.4, -0.2) is 45.1 Å². The molecular weight excluding hydrogens is 486 g/mol. The minimum Gasteiger partial charge on any atom is -0.406 e. The second-order valence-corrected chi connectivity index (χ2v) is 8.25. The zero-order valence-corrected chi connectivity index (χ0v) is 19.5. The lowest BCUT2D eigenvalue weighted by molar-refractivity contribution is -0.274. The summed E-state index contributed by atoms with van der Waals surface area (Å²) in [5, 5.41) is 4.40. The van der Waals surface area contributed by atoms with E-state index in [1.54, 1.807) is 0 Å². The summed E-state index contributed by atoms with van der Waals surface area (Å²) >= 11 is 0. The van der Waals surface area contributed by atoms with Crippen LogP contribution in [0.1, 0.15) is 18.1 Å². The molecule has 0 saturated carbocycles. The highest BCUT2D eigenvalue weighted by Crippen LogP contribution is 2.29. The maximum Gasteiger partial charge on any atom is 0.573 e. The van der Waals surface area contributed by atoms with Crippen molar-refractivity contribution in [3.05, 3.63) is 74.2 Å². The lowest BCUT2D eigenvalue weighted by Crippen LogP contribution is -2.41. The number of amides is 1. The van der Waals surface area contributed by atoms with E-state index in [1.165, 1.54) is 43.0 Å². The molecule has 0 bridgehead atoms. The molecule has 0 fully saturated rings. The van der Waals surface area contributed by atoms with Crippen molar-refractivity contribution < 1.29 is 27.1 Å². The fourth-order valence-electron chi connectivity index (χ4n) is 4.05. The van der Waals surface area contributed by atoms with Crippen LogP contribution in [0.2, 0.25) is 0 Å². The Kier molecular flexibility index (Phi) is 6.33. The van der Waals surface area contributed by atoms with Gasteiger partial charge in [-0.15, -0.1) is 18.3 Å². The van der Waals surface area contributed by atoms with E-state index in [4.69, 9.17) is 0 Å². The van der Waals surface area contributed by atoms with Crippen LogP contribution in [-0.2, 0) is 24.8 Å². The van der Waals surface area contributed by atoms with Crippen molar-refractivity contribution >= 4 is 17.4 Å². The molecule has 3 aromatic rings. The molecule has 0 aliphatic carbocycles. The summed E-state index contributed by atoms with van der Waals surface area (Å²) in [7, 11) is 2.88. The van der Waals surface area contributed by atoms with Crippen LogP contribution in [0.5, 0.6) is 5.75 Å². The average molecular weight is 507 g/mol. The Hall–Kier alpha value is -4.16. The molecule has 0 spiro atoms. The van der Waals surface area contributed by atoms with Gasteiger partial charge in [0.05, 0.1) is 12.2 Å². The molecule has 1 amide bonds. The summed E-state index contributed by atoms with van der Waals surface area (Å²) in [6, 6.07) is 5.55. The third-order valence-electron chi connectivity index (χ3n) is 5.83. The van der Waals surface area contributed by atoms with Crippen molar-refractivity contribution in [1.82, 2.24) is 19.2 Å². The molecule has 2 aromatic heterocycles. The molecule has 0 N–H and O–H groups in total. The van der Waals surface area contributed by atoms with E-state index in [1.807, 2.05) is 0 Å². The van der Waals surface area contributed by atoms with E-state index < -0.39 is 29.0 Å². The summed E-state index contributed by atoms with van der Waals surface area (Å²) in [6.45, 7) is 1.65. The second kappa shape index (κ2) is 9.13. The first-order valence-electron chi connectivity index (χ1n) is 10.7. The van der Waals surface area contributed by atoms with E-state index in [-0.39, 0.29) is 41.6 Å². The Morgan fingerprint density at radius 3 is 2.39 bits per heavy atom. The highest BCUT2D eigenvalue weighted by Gasteiger charge is 2.31. The van der Waals surface area contributed by atoms with Gasteiger partial charge in [-0.25, -0.2) is 4.39 Å². The van der Waals surface area contributed by atoms with Gasteiger partial charge in [0.25, 0.3) is 11.1 Å². The quantitative estimate of drug-likeness (QED) is 0.505. The lowest BCUT2D eigenvalue weighted by atomic mass is 10.0. The highest BCUT2D eigenvalue weighted by atomic mass is 19.4. The predicted octanol–water partition coefficient (Wildman–Crippen LogP) is 2.64. The van der Waals surface area contributed by atoms with E-state index >= 15 is 0 Å². The van der Waals surface area contributed by atoms with Gasteiger partial charge in [-0.2, -0.15) is 4.68 Å². The largest absolute Gasteiger partial charge is 0.573 e. The molecule has 9 nitrogen and oxygen atoms in total. The van der Waals surface area contributed by atoms with E-state index in [0.717, 1.165) is 33.6 Å². The normalized spacial score (nSPS) is 13.4. The van der Waals surface area contributed by atoms with Crippen LogP contribution in [0.3, 0.4) is 0 Å². The number of anilines is 2. The molecule has 4 rings (SSSR count). The van der Waals surface area contributed by atoms with Crippen molar-refractivity contribution in [3.8, 4) is 11.4 Å². The number of carbonyl (C=O) groups is 1.